The van der Waals surface area contributed by atoms with Gasteiger partial charge in [-0.1, -0.05) is 49.0 Å². The number of carbonyl (C=O) groups is 1. The van der Waals surface area contributed by atoms with E-state index < -0.39 is 0 Å². The van der Waals surface area contributed by atoms with Gasteiger partial charge < -0.3 is 19.7 Å². The van der Waals surface area contributed by atoms with Crippen LogP contribution in [0.15, 0.2) is 72.8 Å². The lowest BCUT2D eigenvalue weighted by Crippen LogP contribution is -2.44. The van der Waals surface area contributed by atoms with Crippen molar-refractivity contribution in [1.82, 2.24) is 4.90 Å². The van der Waals surface area contributed by atoms with Crippen molar-refractivity contribution in [3.8, 4) is 5.75 Å². The number of rotatable bonds is 8. The fourth-order valence-electron chi connectivity index (χ4n) is 4.01. The molecule has 1 aliphatic heterocycles. The van der Waals surface area contributed by atoms with Crippen molar-refractivity contribution in [2.75, 3.05) is 32.2 Å². The Morgan fingerprint density at radius 1 is 1.10 bits per heavy atom. The molecule has 4 rings (SSSR count). The molecule has 160 valence electrons. The minimum atomic E-state index is -0.356. The van der Waals surface area contributed by atoms with Gasteiger partial charge in [0.25, 0.3) is 5.91 Å². The zero-order valence-electron chi connectivity index (χ0n) is 18.1. The van der Waals surface area contributed by atoms with Crippen molar-refractivity contribution in [1.29, 1.82) is 0 Å². The van der Waals surface area contributed by atoms with Gasteiger partial charge in [0.05, 0.1) is 5.56 Å². The van der Waals surface area contributed by atoms with Gasteiger partial charge in [0.1, 0.15) is 18.5 Å². The topological polar surface area (TPSA) is 50.8 Å². The number of hydrogen-bond donors (Lipinski definition) is 1. The summed E-state index contributed by atoms with van der Waals surface area (Å²) in [6.45, 7) is 7.49. The number of fused-ring (bicyclic) bond motifs is 2. The first-order chi connectivity index (χ1) is 15.1. The maximum atomic E-state index is 13.5. The van der Waals surface area contributed by atoms with Crippen molar-refractivity contribution in [3.05, 3.63) is 83.9 Å². The second-order valence-corrected chi connectivity index (χ2v) is 7.88. The van der Waals surface area contributed by atoms with Crippen LogP contribution in [0.5, 0.6) is 5.75 Å². The van der Waals surface area contributed by atoms with Crippen LogP contribution in [0.4, 0.5) is 5.69 Å². The molecule has 31 heavy (non-hydrogen) atoms. The molecule has 0 spiro atoms. The number of hydrogen-bond acceptors (Lipinski definition) is 4. The Labute approximate surface area is 183 Å². The van der Waals surface area contributed by atoms with Crippen LogP contribution in [0.2, 0.25) is 0 Å². The Bertz CT molecular complexity index is 1110. The van der Waals surface area contributed by atoms with E-state index in [4.69, 9.17) is 9.47 Å². The van der Waals surface area contributed by atoms with Crippen molar-refractivity contribution in [2.45, 2.75) is 19.5 Å². The number of amides is 1. The van der Waals surface area contributed by atoms with Crippen molar-refractivity contribution in [3.63, 3.8) is 0 Å². The highest BCUT2D eigenvalue weighted by atomic mass is 16.5. The molecule has 1 heterocycles. The molecule has 5 nitrogen and oxygen atoms in total. The van der Waals surface area contributed by atoms with Crippen LogP contribution in [-0.4, -0.2) is 37.7 Å². The molecule has 1 N–H and O–H groups in total. The van der Waals surface area contributed by atoms with E-state index in [0.717, 1.165) is 39.8 Å². The summed E-state index contributed by atoms with van der Waals surface area (Å²) in [5.41, 5.74) is 3.41. The quantitative estimate of drug-likeness (QED) is 0.395. The summed E-state index contributed by atoms with van der Waals surface area (Å²) >= 11 is 0. The van der Waals surface area contributed by atoms with Crippen molar-refractivity contribution >= 4 is 22.4 Å². The second-order valence-electron chi connectivity index (χ2n) is 7.88. The number of carbonyl (C=O) groups excluding carboxylic acids is 1. The predicted molar refractivity (Wildman–Crippen MR) is 125 cm³/mol. The van der Waals surface area contributed by atoms with Gasteiger partial charge in [0.2, 0.25) is 0 Å². The van der Waals surface area contributed by atoms with E-state index in [-0.39, 0.29) is 12.1 Å². The summed E-state index contributed by atoms with van der Waals surface area (Å²) in [6.07, 6.45) is 0.389. The molecule has 0 aromatic heterocycles. The Morgan fingerprint density at radius 3 is 2.68 bits per heavy atom. The summed E-state index contributed by atoms with van der Waals surface area (Å²) in [5, 5.41) is 5.76. The van der Waals surface area contributed by atoms with E-state index in [2.05, 4.69) is 30.1 Å². The maximum absolute atomic E-state index is 13.5. The van der Waals surface area contributed by atoms with E-state index in [1.165, 1.54) is 0 Å². The SMILES string of the molecule is C=C(C)COc1ccc2ccccc2c1C1Nc2ccccc2C(=O)N1CCCOC. The Kier molecular flexibility index (Phi) is 6.23. The average molecular weight is 417 g/mol. The third-order valence-corrected chi connectivity index (χ3v) is 5.45. The molecule has 0 saturated heterocycles. The molecule has 0 radical (unpaired) electrons. The molecule has 3 aromatic carbocycles. The minimum absolute atomic E-state index is 0.00855. The number of benzene rings is 3. The lowest BCUT2D eigenvalue weighted by molar-refractivity contribution is 0.0659. The number of anilines is 1. The first-order valence-electron chi connectivity index (χ1n) is 10.5. The second kappa shape index (κ2) is 9.23. The summed E-state index contributed by atoms with van der Waals surface area (Å²) < 4.78 is 11.4. The van der Waals surface area contributed by atoms with Crippen molar-refractivity contribution in [2.24, 2.45) is 0 Å². The average Bonchev–Trinajstić information content (AvgIpc) is 2.78. The van der Waals surface area contributed by atoms with Crippen molar-refractivity contribution < 1.29 is 14.3 Å². The van der Waals surface area contributed by atoms with Crippen LogP contribution in [-0.2, 0) is 4.74 Å². The zero-order valence-corrected chi connectivity index (χ0v) is 18.1. The first kappa shape index (κ1) is 20.9. The highest BCUT2D eigenvalue weighted by molar-refractivity contribution is 6.02. The normalized spacial score (nSPS) is 15.5. The third-order valence-electron chi connectivity index (χ3n) is 5.45. The molecule has 1 amide bonds. The lowest BCUT2D eigenvalue weighted by Gasteiger charge is -2.39. The predicted octanol–water partition coefficient (Wildman–Crippen LogP) is 5.40. The number of methoxy groups -OCH3 is 1. The Hall–Kier alpha value is -3.31. The van der Waals surface area contributed by atoms with E-state index in [1.807, 2.05) is 54.3 Å². The first-order valence-corrected chi connectivity index (χ1v) is 10.5. The fourth-order valence-corrected chi connectivity index (χ4v) is 4.01. The van der Waals surface area contributed by atoms with Crippen LogP contribution >= 0.6 is 0 Å². The van der Waals surface area contributed by atoms with E-state index in [0.29, 0.717) is 25.3 Å². The Morgan fingerprint density at radius 2 is 1.87 bits per heavy atom. The number of nitrogens with zero attached hydrogens (tertiary/aromatic N) is 1. The molecule has 0 bridgehead atoms. The molecule has 1 aliphatic rings. The monoisotopic (exact) mass is 416 g/mol. The molecule has 0 fully saturated rings. The standard InChI is InChI=1S/C26H28N2O3/c1-18(2)17-31-23-14-13-19-9-4-5-10-20(19)24(23)25-27-22-12-7-6-11-21(22)26(29)28(25)15-8-16-30-3/h4-7,9-14,25,27H,1,8,15-17H2,2-3H3. The van der Waals surface area contributed by atoms with Crippen LogP contribution in [0.1, 0.15) is 35.4 Å². The summed E-state index contributed by atoms with van der Waals surface area (Å²) in [6, 6.07) is 19.9. The van der Waals surface area contributed by atoms with Crippen LogP contribution < -0.4 is 10.1 Å². The van der Waals surface area contributed by atoms with Gasteiger partial charge >= 0.3 is 0 Å². The van der Waals surface area contributed by atoms with Gasteiger partial charge in [-0.15, -0.1) is 0 Å². The zero-order chi connectivity index (χ0) is 21.8. The Balaban J connectivity index is 1.85. The van der Waals surface area contributed by atoms with Gasteiger partial charge in [0, 0.05) is 31.5 Å². The van der Waals surface area contributed by atoms with E-state index in [1.54, 1.807) is 7.11 Å². The maximum Gasteiger partial charge on any atom is 0.257 e. The van der Waals surface area contributed by atoms with Crippen LogP contribution in [0, 0.1) is 0 Å². The molecule has 5 heteroatoms. The van der Waals surface area contributed by atoms with E-state index >= 15 is 0 Å². The molecule has 0 saturated carbocycles. The molecule has 3 aromatic rings. The van der Waals surface area contributed by atoms with Crippen LogP contribution in [0.25, 0.3) is 10.8 Å². The molecular formula is C26H28N2O3. The smallest absolute Gasteiger partial charge is 0.257 e. The fraction of sp³-hybridized carbons (Fsp3) is 0.269. The number of nitrogens with one attached hydrogen (secondary N) is 1. The van der Waals surface area contributed by atoms with Crippen LogP contribution in [0.3, 0.4) is 0 Å². The summed E-state index contributed by atoms with van der Waals surface area (Å²) in [7, 11) is 1.68. The summed E-state index contributed by atoms with van der Waals surface area (Å²) in [5.74, 6) is 0.761. The van der Waals surface area contributed by atoms with Gasteiger partial charge in [0.15, 0.2) is 0 Å². The lowest BCUT2D eigenvalue weighted by atomic mass is 9.97. The minimum Gasteiger partial charge on any atom is -0.489 e. The molecule has 1 unspecified atom stereocenters. The highest BCUT2D eigenvalue weighted by Gasteiger charge is 2.35. The number of para-hydroxylation sites is 1. The number of ether oxygens (including phenoxy) is 2. The van der Waals surface area contributed by atoms with Gasteiger partial charge in [-0.05, 0) is 47.9 Å². The van der Waals surface area contributed by atoms with Gasteiger partial charge in [-0.25, -0.2) is 0 Å². The van der Waals surface area contributed by atoms with E-state index in [9.17, 15) is 4.79 Å². The molecular weight excluding hydrogens is 388 g/mol. The largest absolute Gasteiger partial charge is 0.489 e. The third kappa shape index (κ3) is 4.28. The van der Waals surface area contributed by atoms with Gasteiger partial charge in [-0.2, -0.15) is 0 Å². The molecule has 1 atom stereocenters. The highest BCUT2D eigenvalue weighted by Crippen LogP contribution is 2.40. The molecule has 0 aliphatic carbocycles. The van der Waals surface area contributed by atoms with Gasteiger partial charge in [-0.3, -0.25) is 4.79 Å². The summed E-state index contributed by atoms with van der Waals surface area (Å²) in [4.78, 5) is 15.4.